The minimum Gasteiger partial charge on any atom is -0.399 e. The van der Waals surface area contributed by atoms with Crippen LogP contribution >= 0.6 is 15.9 Å². The minimum absolute atomic E-state index is 0.454. The fourth-order valence-corrected chi connectivity index (χ4v) is 3.13. The lowest BCUT2D eigenvalue weighted by molar-refractivity contribution is 0.682. The molecular formula is C13H13BrN2OS. The van der Waals surface area contributed by atoms with Crippen LogP contribution in [0.4, 0.5) is 5.69 Å². The number of anilines is 1. The number of benzene rings is 1. The molecule has 0 aliphatic rings. The Balaban J connectivity index is 2.19. The first-order valence-corrected chi connectivity index (χ1v) is 7.51. The second kappa shape index (κ2) is 5.63. The van der Waals surface area contributed by atoms with Crippen molar-refractivity contribution in [2.75, 3.05) is 5.73 Å². The van der Waals surface area contributed by atoms with Gasteiger partial charge in [0, 0.05) is 27.4 Å². The number of nitrogens with zero attached hydrogens (tertiary/aromatic N) is 1. The lowest BCUT2D eigenvalue weighted by Gasteiger charge is -2.05. The van der Waals surface area contributed by atoms with Crippen LogP contribution < -0.4 is 5.73 Å². The highest BCUT2D eigenvalue weighted by Crippen LogP contribution is 2.19. The van der Waals surface area contributed by atoms with Crippen LogP contribution in [0, 0.1) is 6.92 Å². The smallest absolute Gasteiger partial charge is 0.0574 e. The lowest BCUT2D eigenvalue weighted by atomic mass is 10.2. The van der Waals surface area contributed by atoms with E-state index in [9.17, 15) is 4.21 Å². The number of pyridine rings is 1. The second-order valence-corrected chi connectivity index (χ2v) is 6.39. The third kappa shape index (κ3) is 3.17. The van der Waals surface area contributed by atoms with Crippen molar-refractivity contribution < 1.29 is 4.21 Å². The average Bonchev–Trinajstić information content (AvgIpc) is 2.32. The van der Waals surface area contributed by atoms with Crippen molar-refractivity contribution in [2.45, 2.75) is 17.6 Å². The summed E-state index contributed by atoms with van der Waals surface area (Å²) in [4.78, 5) is 4.85. The van der Waals surface area contributed by atoms with E-state index in [1.54, 1.807) is 18.5 Å². The van der Waals surface area contributed by atoms with E-state index in [0.29, 0.717) is 5.75 Å². The molecule has 0 saturated carbocycles. The quantitative estimate of drug-likeness (QED) is 0.883. The molecule has 0 bridgehead atoms. The van der Waals surface area contributed by atoms with Crippen molar-refractivity contribution >= 4 is 32.4 Å². The fraction of sp³-hybridized carbons (Fsp3) is 0.154. The van der Waals surface area contributed by atoms with Crippen molar-refractivity contribution in [1.29, 1.82) is 0 Å². The van der Waals surface area contributed by atoms with E-state index in [1.165, 1.54) is 0 Å². The first kappa shape index (κ1) is 13.2. The summed E-state index contributed by atoms with van der Waals surface area (Å²) in [6, 6.07) is 7.40. The number of rotatable bonds is 3. The average molecular weight is 325 g/mol. The zero-order chi connectivity index (χ0) is 13.1. The summed E-state index contributed by atoms with van der Waals surface area (Å²) in [5.41, 5.74) is 8.36. The maximum Gasteiger partial charge on any atom is 0.0574 e. The summed E-state index contributed by atoms with van der Waals surface area (Å²) in [6.45, 7) is 1.91. The van der Waals surface area contributed by atoms with Crippen molar-refractivity contribution in [3.63, 3.8) is 0 Å². The van der Waals surface area contributed by atoms with Crippen molar-refractivity contribution in [1.82, 2.24) is 4.98 Å². The fourth-order valence-electron chi connectivity index (χ4n) is 1.56. The monoisotopic (exact) mass is 324 g/mol. The summed E-state index contributed by atoms with van der Waals surface area (Å²) in [5, 5.41) is 0. The minimum atomic E-state index is -1.08. The number of aryl methyl sites for hydroxylation is 1. The number of hydrogen-bond donors (Lipinski definition) is 1. The highest BCUT2D eigenvalue weighted by molar-refractivity contribution is 9.10. The number of nitrogens with two attached hydrogens (primary N) is 1. The number of aromatic nitrogens is 1. The molecule has 0 aliphatic carbocycles. The standard InChI is InChI=1S/C13H13BrN2OS/c1-9-4-12(2-3-13(9)15)18(17)8-10-5-11(14)7-16-6-10/h2-7H,8,15H2,1H3. The molecule has 94 valence electrons. The van der Waals surface area contributed by atoms with Gasteiger partial charge in [-0.05, 0) is 58.2 Å². The summed E-state index contributed by atoms with van der Waals surface area (Å²) in [5.74, 6) is 0.454. The molecule has 1 unspecified atom stereocenters. The second-order valence-electron chi connectivity index (χ2n) is 4.02. The Bertz CT molecular complexity index is 601. The number of halogens is 1. The van der Waals surface area contributed by atoms with E-state index in [0.717, 1.165) is 26.2 Å². The van der Waals surface area contributed by atoms with Crippen molar-refractivity contribution in [2.24, 2.45) is 0 Å². The Morgan fingerprint density at radius 2 is 2.11 bits per heavy atom. The predicted octanol–water partition coefficient (Wildman–Crippen LogP) is 3.04. The molecule has 0 fully saturated rings. The van der Waals surface area contributed by atoms with Gasteiger partial charge in [0.15, 0.2) is 0 Å². The van der Waals surface area contributed by atoms with Crippen LogP contribution in [0.2, 0.25) is 0 Å². The molecule has 0 spiro atoms. The molecule has 0 radical (unpaired) electrons. The molecule has 2 rings (SSSR count). The molecule has 3 nitrogen and oxygen atoms in total. The van der Waals surface area contributed by atoms with Crippen LogP contribution in [0.25, 0.3) is 0 Å². The van der Waals surface area contributed by atoms with Crippen molar-refractivity contribution in [3.05, 3.63) is 52.3 Å². The summed E-state index contributed by atoms with van der Waals surface area (Å²) in [7, 11) is -1.08. The predicted molar refractivity (Wildman–Crippen MR) is 77.6 cm³/mol. The normalized spacial score (nSPS) is 12.3. The highest BCUT2D eigenvalue weighted by Gasteiger charge is 2.07. The molecular weight excluding hydrogens is 312 g/mol. The van der Waals surface area contributed by atoms with E-state index in [-0.39, 0.29) is 0 Å². The third-order valence-electron chi connectivity index (χ3n) is 2.56. The Morgan fingerprint density at radius 1 is 1.33 bits per heavy atom. The Morgan fingerprint density at radius 3 is 2.78 bits per heavy atom. The van der Waals surface area contributed by atoms with Gasteiger partial charge in [-0.1, -0.05) is 0 Å². The van der Waals surface area contributed by atoms with Gasteiger partial charge in [0.1, 0.15) is 0 Å². The Kier molecular flexibility index (Phi) is 4.14. The molecule has 1 heterocycles. The van der Waals surface area contributed by atoms with E-state index < -0.39 is 10.8 Å². The van der Waals surface area contributed by atoms with Gasteiger partial charge in [0.05, 0.1) is 16.6 Å². The van der Waals surface area contributed by atoms with E-state index in [4.69, 9.17) is 5.73 Å². The van der Waals surface area contributed by atoms with Crippen LogP contribution in [0.1, 0.15) is 11.1 Å². The molecule has 0 amide bonds. The summed E-state index contributed by atoms with van der Waals surface area (Å²) in [6.07, 6.45) is 3.44. The molecule has 2 aromatic rings. The summed E-state index contributed by atoms with van der Waals surface area (Å²) >= 11 is 3.35. The first-order chi connectivity index (χ1) is 8.56. The maximum absolute atomic E-state index is 12.2. The highest BCUT2D eigenvalue weighted by atomic mass is 79.9. The lowest BCUT2D eigenvalue weighted by Crippen LogP contribution is -1.99. The van der Waals surface area contributed by atoms with Gasteiger partial charge < -0.3 is 5.73 Å². The molecule has 1 aromatic carbocycles. The van der Waals surface area contributed by atoms with Crippen LogP contribution in [-0.4, -0.2) is 9.19 Å². The van der Waals surface area contributed by atoms with Gasteiger partial charge in [-0.15, -0.1) is 0 Å². The van der Waals surface area contributed by atoms with E-state index >= 15 is 0 Å². The van der Waals surface area contributed by atoms with Crippen LogP contribution in [0.15, 0.2) is 46.0 Å². The summed E-state index contributed by atoms with van der Waals surface area (Å²) < 4.78 is 13.1. The molecule has 1 aromatic heterocycles. The SMILES string of the molecule is Cc1cc(S(=O)Cc2cncc(Br)c2)ccc1N. The van der Waals surface area contributed by atoms with E-state index in [2.05, 4.69) is 20.9 Å². The molecule has 0 aliphatic heterocycles. The van der Waals surface area contributed by atoms with Crippen molar-refractivity contribution in [3.8, 4) is 0 Å². The Labute approximate surface area is 117 Å². The molecule has 1 atom stereocenters. The first-order valence-electron chi connectivity index (χ1n) is 5.40. The maximum atomic E-state index is 12.2. The Hall–Kier alpha value is -1.20. The van der Waals surface area contributed by atoms with Crippen LogP contribution in [0.3, 0.4) is 0 Å². The molecule has 5 heteroatoms. The van der Waals surface area contributed by atoms with Gasteiger partial charge in [-0.2, -0.15) is 0 Å². The van der Waals surface area contributed by atoms with Gasteiger partial charge in [0.2, 0.25) is 0 Å². The van der Waals surface area contributed by atoms with Gasteiger partial charge >= 0.3 is 0 Å². The molecule has 0 saturated heterocycles. The topological polar surface area (TPSA) is 56.0 Å². The zero-order valence-electron chi connectivity index (χ0n) is 9.89. The number of hydrogen-bond acceptors (Lipinski definition) is 3. The van der Waals surface area contributed by atoms with E-state index in [1.807, 2.05) is 25.1 Å². The van der Waals surface area contributed by atoms with Gasteiger partial charge in [-0.25, -0.2) is 0 Å². The van der Waals surface area contributed by atoms with Crippen LogP contribution in [-0.2, 0) is 16.6 Å². The third-order valence-corrected chi connectivity index (χ3v) is 4.37. The zero-order valence-corrected chi connectivity index (χ0v) is 12.3. The van der Waals surface area contributed by atoms with Crippen LogP contribution in [0.5, 0.6) is 0 Å². The van der Waals surface area contributed by atoms with Gasteiger partial charge in [-0.3, -0.25) is 9.19 Å². The van der Waals surface area contributed by atoms with Gasteiger partial charge in [0.25, 0.3) is 0 Å². The molecule has 2 N–H and O–H groups in total. The number of nitrogen functional groups attached to an aromatic ring is 1. The molecule has 18 heavy (non-hydrogen) atoms. The largest absolute Gasteiger partial charge is 0.399 e.